The molecule has 40 heavy (non-hydrogen) atoms. The summed E-state index contributed by atoms with van der Waals surface area (Å²) in [4.78, 5) is 32.4. The van der Waals surface area contributed by atoms with E-state index in [2.05, 4.69) is 26.1 Å². The van der Waals surface area contributed by atoms with Crippen molar-refractivity contribution in [1.82, 2.24) is 5.32 Å². The van der Waals surface area contributed by atoms with E-state index in [1.807, 2.05) is 42.5 Å². The van der Waals surface area contributed by atoms with Gasteiger partial charge in [-0.1, -0.05) is 56.8 Å². The fourth-order valence-electron chi connectivity index (χ4n) is 4.90. The number of nitrogens with one attached hydrogen (secondary N) is 1. The van der Waals surface area contributed by atoms with Gasteiger partial charge in [0.2, 0.25) is 0 Å². The zero-order valence-corrected chi connectivity index (χ0v) is 24.3. The van der Waals surface area contributed by atoms with Crippen LogP contribution in [-0.4, -0.2) is 17.0 Å². The predicted octanol–water partition coefficient (Wildman–Crippen LogP) is 8.23. The van der Waals surface area contributed by atoms with Crippen molar-refractivity contribution in [1.29, 1.82) is 0 Å². The van der Waals surface area contributed by atoms with Crippen molar-refractivity contribution in [2.75, 3.05) is 0 Å². The summed E-state index contributed by atoms with van der Waals surface area (Å²) in [6, 6.07) is 18.3. The zero-order valence-electron chi connectivity index (χ0n) is 22.7. The van der Waals surface area contributed by atoms with Gasteiger partial charge in [0.15, 0.2) is 0 Å². The molecule has 4 aromatic rings. The van der Waals surface area contributed by atoms with Gasteiger partial charge in [0.25, 0.3) is 11.6 Å². The fourth-order valence-corrected chi connectivity index (χ4v) is 7.09. The van der Waals surface area contributed by atoms with E-state index in [0.717, 1.165) is 29.7 Å². The standard InChI is InChI=1S/C31H31N3O4S2/c1-31(2,3)21-12-13-24-27(17-21)40-30(28(24)29(35)32-19-22-8-7-15-38-22)33-18-20-11-14-26(25(16-20)34(36)37)39-23-9-5-4-6-10-23/h4-11,14-16,18,21H,12-13,17,19H2,1-3H3,(H,32,35)/t21-/m1/s1. The number of benzene rings is 2. The van der Waals surface area contributed by atoms with Crippen LogP contribution in [0.5, 0.6) is 0 Å². The number of carbonyl (C=O) groups is 1. The van der Waals surface area contributed by atoms with E-state index < -0.39 is 0 Å². The monoisotopic (exact) mass is 573 g/mol. The summed E-state index contributed by atoms with van der Waals surface area (Å²) in [7, 11) is 0. The second kappa shape index (κ2) is 11.8. The average Bonchev–Trinajstić information content (AvgIpc) is 3.58. The van der Waals surface area contributed by atoms with Crippen LogP contribution in [0.15, 0.2) is 86.1 Å². The van der Waals surface area contributed by atoms with Gasteiger partial charge in [-0.05, 0) is 72.1 Å². The molecule has 1 aliphatic rings. The number of rotatable bonds is 8. The third-order valence-electron chi connectivity index (χ3n) is 7.18. The molecule has 0 radical (unpaired) electrons. The molecule has 206 valence electrons. The highest BCUT2D eigenvalue weighted by Gasteiger charge is 2.33. The Morgan fingerprint density at radius 3 is 2.70 bits per heavy atom. The summed E-state index contributed by atoms with van der Waals surface area (Å²) >= 11 is 2.90. The van der Waals surface area contributed by atoms with E-state index in [-0.39, 0.29) is 28.5 Å². The summed E-state index contributed by atoms with van der Waals surface area (Å²) in [5.74, 6) is 1.01. The number of aliphatic imine (C=N–C) groups is 1. The molecule has 2 heterocycles. The first kappa shape index (κ1) is 27.9. The number of nitrogens with zero attached hydrogens (tertiary/aromatic N) is 2. The van der Waals surface area contributed by atoms with Crippen LogP contribution in [0.1, 0.15) is 59.3 Å². The normalized spacial score (nSPS) is 15.2. The van der Waals surface area contributed by atoms with E-state index in [9.17, 15) is 14.9 Å². The average molecular weight is 574 g/mol. The maximum atomic E-state index is 13.4. The molecule has 9 heteroatoms. The van der Waals surface area contributed by atoms with Gasteiger partial charge in [-0.25, -0.2) is 4.99 Å². The number of amides is 1. The molecule has 1 N–H and O–H groups in total. The Labute approximate surface area is 241 Å². The van der Waals surface area contributed by atoms with Gasteiger partial charge in [-0.2, -0.15) is 0 Å². The smallest absolute Gasteiger partial charge is 0.283 e. The maximum Gasteiger partial charge on any atom is 0.283 e. The van der Waals surface area contributed by atoms with Crippen molar-refractivity contribution in [2.24, 2.45) is 16.3 Å². The Hall–Kier alpha value is -3.69. The molecule has 0 spiro atoms. The van der Waals surface area contributed by atoms with Gasteiger partial charge in [-0.3, -0.25) is 14.9 Å². The van der Waals surface area contributed by atoms with Crippen molar-refractivity contribution in [3.05, 3.63) is 104 Å². The van der Waals surface area contributed by atoms with Crippen LogP contribution in [0.25, 0.3) is 0 Å². The lowest BCUT2D eigenvalue weighted by atomic mass is 9.72. The van der Waals surface area contributed by atoms with Gasteiger partial charge in [0.1, 0.15) is 10.8 Å². The fraction of sp³-hybridized carbons (Fsp3) is 0.290. The molecule has 0 saturated heterocycles. The Morgan fingerprint density at radius 2 is 2.00 bits per heavy atom. The van der Waals surface area contributed by atoms with E-state index >= 15 is 0 Å². The lowest BCUT2D eigenvalue weighted by Gasteiger charge is -2.33. The summed E-state index contributed by atoms with van der Waals surface area (Å²) in [6.45, 7) is 7.08. The van der Waals surface area contributed by atoms with Crippen molar-refractivity contribution >= 4 is 45.9 Å². The van der Waals surface area contributed by atoms with Crippen LogP contribution >= 0.6 is 23.1 Å². The number of thiophene rings is 1. The van der Waals surface area contributed by atoms with Crippen molar-refractivity contribution in [3.63, 3.8) is 0 Å². The van der Waals surface area contributed by atoms with E-state index in [1.54, 1.807) is 35.9 Å². The van der Waals surface area contributed by atoms with E-state index in [0.29, 0.717) is 32.7 Å². The van der Waals surface area contributed by atoms with Gasteiger partial charge >= 0.3 is 0 Å². The second-order valence-corrected chi connectivity index (χ2v) is 13.1. The number of furan rings is 1. The first-order valence-corrected chi connectivity index (χ1v) is 14.8. The lowest BCUT2D eigenvalue weighted by Crippen LogP contribution is -2.28. The highest BCUT2D eigenvalue weighted by Crippen LogP contribution is 2.45. The Kier molecular flexibility index (Phi) is 8.23. The predicted molar refractivity (Wildman–Crippen MR) is 160 cm³/mol. The number of nitro groups is 1. The minimum Gasteiger partial charge on any atom is -0.467 e. The van der Waals surface area contributed by atoms with E-state index in [4.69, 9.17) is 9.41 Å². The Balaban J connectivity index is 1.45. The number of fused-ring (bicyclic) bond motifs is 1. The lowest BCUT2D eigenvalue weighted by molar-refractivity contribution is -0.387. The number of hydrogen-bond donors (Lipinski definition) is 1. The zero-order chi connectivity index (χ0) is 28.3. The summed E-state index contributed by atoms with van der Waals surface area (Å²) in [5.41, 5.74) is 2.46. The molecule has 2 aromatic carbocycles. The van der Waals surface area contributed by atoms with Crippen molar-refractivity contribution in [2.45, 2.75) is 56.4 Å². The molecule has 2 aromatic heterocycles. The van der Waals surface area contributed by atoms with Crippen molar-refractivity contribution < 1.29 is 14.1 Å². The molecule has 0 aliphatic heterocycles. The maximum absolute atomic E-state index is 13.4. The molecule has 7 nitrogen and oxygen atoms in total. The quantitative estimate of drug-likeness (QED) is 0.130. The third kappa shape index (κ3) is 6.37. The molecule has 1 aliphatic carbocycles. The van der Waals surface area contributed by atoms with Crippen LogP contribution in [0.3, 0.4) is 0 Å². The van der Waals surface area contributed by atoms with Gasteiger partial charge in [0.05, 0.1) is 28.2 Å². The number of hydrogen-bond acceptors (Lipinski definition) is 7. The topological polar surface area (TPSA) is 97.7 Å². The molecule has 1 atom stereocenters. The molecular weight excluding hydrogens is 542 g/mol. The van der Waals surface area contributed by atoms with Crippen LogP contribution in [-0.2, 0) is 19.4 Å². The third-order valence-corrected chi connectivity index (χ3v) is 9.42. The molecule has 0 bridgehead atoms. The highest BCUT2D eigenvalue weighted by atomic mass is 32.2. The minimum absolute atomic E-state index is 0.0210. The van der Waals surface area contributed by atoms with E-state index in [1.165, 1.54) is 22.7 Å². The van der Waals surface area contributed by atoms with Crippen molar-refractivity contribution in [3.8, 4) is 0 Å². The van der Waals surface area contributed by atoms with Gasteiger partial charge in [0, 0.05) is 22.1 Å². The Morgan fingerprint density at radius 1 is 1.20 bits per heavy atom. The van der Waals surface area contributed by atoms with Crippen LogP contribution in [0, 0.1) is 21.4 Å². The molecule has 1 amide bonds. The highest BCUT2D eigenvalue weighted by molar-refractivity contribution is 7.99. The van der Waals surface area contributed by atoms with Crippen LogP contribution in [0.2, 0.25) is 0 Å². The molecule has 5 rings (SSSR count). The van der Waals surface area contributed by atoms with Gasteiger partial charge in [-0.15, -0.1) is 11.3 Å². The van der Waals surface area contributed by atoms with Gasteiger partial charge < -0.3 is 9.73 Å². The Bertz CT molecular complexity index is 1540. The molecule has 0 fully saturated rings. The number of nitro benzene ring substituents is 1. The summed E-state index contributed by atoms with van der Waals surface area (Å²) < 4.78 is 5.38. The first-order valence-electron chi connectivity index (χ1n) is 13.2. The summed E-state index contributed by atoms with van der Waals surface area (Å²) in [6.07, 6.45) is 5.95. The second-order valence-electron chi connectivity index (χ2n) is 10.9. The summed E-state index contributed by atoms with van der Waals surface area (Å²) in [5, 5.41) is 15.5. The SMILES string of the molecule is CC(C)(C)[C@@H]1CCc2c(sc(N=Cc3ccc(Sc4ccccc4)c([N+](=O)[O-])c3)c2C(=O)NCc2ccco2)C1. The molecule has 0 unspecified atom stereocenters. The first-order chi connectivity index (χ1) is 19.2. The number of carbonyl (C=O) groups excluding carboxylic acids is 1. The van der Waals surface area contributed by atoms with Crippen LogP contribution in [0.4, 0.5) is 10.7 Å². The van der Waals surface area contributed by atoms with Crippen LogP contribution < -0.4 is 5.32 Å². The molecular formula is C31H31N3O4S2. The minimum atomic E-state index is -0.368. The largest absolute Gasteiger partial charge is 0.467 e. The molecule has 0 saturated carbocycles.